The van der Waals surface area contributed by atoms with Crippen LogP contribution in [0.4, 0.5) is 0 Å². The zero-order valence-electron chi connectivity index (χ0n) is 9.51. The van der Waals surface area contributed by atoms with Crippen LogP contribution in [-0.4, -0.2) is 12.9 Å². The topological polar surface area (TPSA) is 33.6 Å². The zero-order valence-corrected chi connectivity index (χ0v) is 11.7. The van der Waals surface area contributed by atoms with Crippen molar-refractivity contribution in [3.63, 3.8) is 0 Å². The Balaban J connectivity index is 1.86. The van der Waals surface area contributed by atoms with E-state index < -0.39 is 0 Å². The number of nitrogens with zero attached hydrogens (tertiary/aromatic N) is 1. The summed E-state index contributed by atoms with van der Waals surface area (Å²) in [5.74, 6) is 0.778. The molecule has 0 atom stereocenters. The highest BCUT2D eigenvalue weighted by atomic mass is 127. The zero-order chi connectivity index (χ0) is 12.4. The molecule has 0 fully saturated rings. The van der Waals surface area contributed by atoms with Crippen molar-refractivity contribution in [3.8, 4) is 0 Å². The molecule has 0 saturated carbocycles. The maximum Gasteiger partial charge on any atom is 0.496 e. The Morgan fingerprint density at radius 1 is 1.00 bits per heavy atom. The van der Waals surface area contributed by atoms with Crippen molar-refractivity contribution in [1.82, 2.24) is 5.48 Å². The highest BCUT2D eigenvalue weighted by Crippen LogP contribution is 2.10. The van der Waals surface area contributed by atoms with Crippen LogP contribution in [0.2, 0.25) is 0 Å². The molecule has 88 valence electrons. The van der Waals surface area contributed by atoms with E-state index in [1.54, 1.807) is 0 Å². The number of hydrogen-bond acceptors (Lipinski definition) is 3. The van der Waals surface area contributed by atoms with Crippen LogP contribution in [0.15, 0.2) is 59.5 Å². The molecule has 0 spiro atoms. The van der Waals surface area contributed by atoms with Crippen molar-refractivity contribution >= 4 is 40.9 Å². The molecule has 3 nitrogen and oxygen atoms in total. The maximum atomic E-state index is 5.48. The van der Waals surface area contributed by atoms with E-state index in [0.717, 1.165) is 16.9 Å². The fourth-order valence-electron chi connectivity index (χ4n) is 1.78. The Morgan fingerprint density at radius 3 is 2.44 bits per heavy atom. The Bertz CT molecular complexity index is 571. The number of halogens is 1. The fraction of sp³-hybridized carbons (Fsp3) is 0. The van der Waals surface area contributed by atoms with E-state index in [4.69, 9.17) is 4.76 Å². The van der Waals surface area contributed by atoms with Crippen LogP contribution in [-0.2, 0) is 4.76 Å². The first-order valence-corrected chi connectivity index (χ1v) is 6.71. The third-order valence-electron chi connectivity index (χ3n) is 2.72. The molecule has 2 aromatic rings. The predicted octanol–water partition coefficient (Wildman–Crippen LogP) is 1.97. The summed E-state index contributed by atoms with van der Waals surface area (Å²) in [5.41, 5.74) is 4.97. The van der Waals surface area contributed by atoms with Gasteiger partial charge in [0.05, 0.1) is 0 Å². The third kappa shape index (κ3) is 2.42. The van der Waals surface area contributed by atoms with Crippen LogP contribution in [0.3, 0.4) is 0 Å². The lowest BCUT2D eigenvalue weighted by Crippen LogP contribution is -2.31. The first kappa shape index (κ1) is 11.7. The van der Waals surface area contributed by atoms with Gasteiger partial charge in [-0.1, -0.05) is 42.5 Å². The molecule has 18 heavy (non-hydrogen) atoms. The summed E-state index contributed by atoms with van der Waals surface area (Å²) in [7, 11) is -0.263. The van der Waals surface area contributed by atoms with Gasteiger partial charge in [-0.05, 0) is 40.2 Å². The summed E-state index contributed by atoms with van der Waals surface area (Å²) < 4.78 is 6.68. The van der Waals surface area contributed by atoms with Gasteiger partial charge >= 0.3 is 7.05 Å². The second-order valence-corrected chi connectivity index (χ2v) is 5.21. The normalized spacial score (nSPS) is 14.3. The van der Waals surface area contributed by atoms with Gasteiger partial charge in [0.1, 0.15) is 5.84 Å². The molecule has 0 radical (unpaired) electrons. The smallest absolute Gasteiger partial charge is 0.300 e. The molecular weight excluding hydrogens is 338 g/mol. The first-order valence-electron chi connectivity index (χ1n) is 5.63. The molecule has 3 rings (SSSR count). The molecule has 0 amide bonds. The second kappa shape index (κ2) is 5.11. The number of amidine groups is 1. The van der Waals surface area contributed by atoms with E-state index in [1.807, 2.05) is 42.5 Å². The van der Waals surface area contributed by atoms with Crippen molar-refractivity contribution in [2.45, 2.75) is 0 Å². The lowest BCUT2D eigenvalue weighted by molar-refractivity contribution is 0.284. The van der Waals surface area contributed by atoms with Gasteiger partial charge in [0, 0.05) is 9.13 Å². The van der Waals surface area contributed by atoms with Gasteiger partial charge in [0.15, 0.2) is 0 Å². The molecule has 5 heteroatoms. The van der Waals surface area contributed by atoms with E-state index in [1.165, 1.54) is 3.57 Å². The second-order valence-electron chi connectivity index (χ2n) is 3.97. The van der Waals surface area contributed by atoms with Crippen LogP contribution in [0.1, 0.15) is 5.56 Å². The van der Waals surface area contributed by atoms with Gasteiger partial charge in [-0.2, -0.15) is 0 Å². The Kier molecular flexibility index (Phi) is 3.34. The summed E-state index contributed by atoms with van der Waals surface area (Å²) in [4.78, 5) is 4.54. The average molecular weight is 348 g/mol. The number of hydroxylamine groups is 1. The van der Waals surface area contributed by atoms with Crippen LogP contribution < -0.4 is 10.9 Å². The number of nitrogens with one attached hydrogen (secondary N) is 1. The monoisotopic (exact) mass is 348 g/mol. The van der Waals surface area contributed by atoms with Gasteiger partial charge in [-0.15, -0.1) is 0 Å². The molecule has 1 N–H and O–H groups in total. The molecule has 0 aromatic heterocycles. The van der Waals surface area contributed by atoms with Crippen molar-refractivity contribution in [3.05, 3.63) is 63.7 Å². The van der Waals surface area contributed by atoms with E-state index in [9.17, 15) is 0 Å². The van der Waals surface area contributed by atoms with Gasteiger partial charge in [0.2, 0.25) is 0 Å². The molecule has 0 saturated heterocycles. The lowest BCUT2D eigenvalue weighted by Gasteiger charge is -2.02. The number of benzene rings is 2. The van der Waals surface area contributed by atoms with Crippen molar-refractivity contribution in [2.24, 2.45) is 4.90 Å². The van der Waals surface area contributed by atoms with Crippen molar-refractivity contribution in [1.29, 1.82) is 0 Å². The van der Waals surface area contributed by atoms with Gasteiger partial charge in [0.25, 0.3) is 0 Å². The maximum absolute atomic E-state index is 5.48. The molecule has 1 aliphatic heterocycles. The van der Waals surface area contributed by atoms with Crippen LogP contribution in [0, 0.1) is 3.57 Å². The average Bonchev–Trinajstić information content (AvgIpc) is 2.90. The minimum atomic E-state index is -0.263. The van der Waals surface area contributed by atoms with Crippen molar-refractivity contribution < 1.29 is 4.76 Å². The summed E-state index contributed by atoms with van der Waals surface area (Å²) >= 11 is 2.28. The van der Waals surface area contributed by atoms with Crippen LogP contribution in [0.5, 0.6) is 0 Å². The van der Waals surface area contributed by atoms with Gasteiger partial charge < -0.3 is 0 Å². The van der Waals surface area contributed by atoms with Crippen LogP contribution in [0.25, 0.3) is 0 Å². The molecule has 1 heterocycles. The molecule has 0 bridgehead atoms. The van der Waals surface area contributed by atoms with Gasteiger partial charge in [-0.25, -0.2) is 0 Å². The van der Waals surface area contributed by atoms with E-state index >= 15 is 0 Å². The Labute approximate surface area is 120 Å². The summed E-state index contributed by atoms with van der Waals surface area (Å²) in [6.45, 7) is 0. The molecule has 0 unspecified atom stereocenters. The summed E-state index contributed by atoms with van der Waals surface area (Å²) in [5, 5.41) is 0. The Morgan fingerprint density at radius 2 is 1.72 bits per heavy atom. The highest BCUT2D eigenvalue weighted by molar-refractivity contribution is 14.1. The third-order valence-corrected chi connectivity index (χ3v) is 3.44. The number of rotatable bonds is 2. The van der Waals surface area contributed by atoms with E-state index in [2.05, 4.69) is 45.1 Å². The fourth-order valence-corrected chi connectivity index (χ4v) is 2.14. The number of hydrogen-bond donors (Lipinski definition) is 1. The molecule has 0 aliphatic carbocycles. The first-order chi connectivity index (χ1) is 8.83. The standard InChI is InChI=1S/C13H10BIN2O/c15-12-8-6-10(7-9-12)13-16-14(18-17-13)11-4-2-1-3-5-11/h1-9H,(H,16,17). The lowest BCUT2D eigenvalue weighted by atomic mass is 9.75. The van der Waals surface area contributed by atoms with Gasteiger partial charge in [-0.3, -0.25) is 15.1 Å². The molecule has 1 aliphatic rings. The minimum Gasteiger partial charge on any atom is -0.300 e. The quantitative estimate of drug-likeness (QED) is 0.665. The SMILES string of the molecule is Ic1ccc(C2=NB(c3ccccc3)ON2)cc1. The van der Waals surface area contributed by atoms with Crippen LogP contribution >= 0.6 is 22.6 Å². The summed E-state index contributed by atoms with van der Waals surface area (Å²) in [6, 6.07) is 18.1. The highest BCUT2D eigenvalue weighted by Gasteiger charge is 2.26. The van der Waals surface area contributed by atoms with Crippen molar-refractivity contribution in [2.75, 3.05) is 0 Å². The largest absolute Gasteiger partial charge is 0.496 e. The minimum absolute atomic E-state index is 0.263. The predicted molar refractivity (Wildman–Crippen MR) is 81.7 cm³/mol. The van der Waals surface area contributed by atoms with E-state index in [0.29, 0.717) is 0 Å². The Hall–Kier alpha value is -1.34. The summed E-state index contributed by atoms with van der Waals surface area (Å²) in [6.07, 6.45) is 0. The van der Waals surface area contributed by atoms with E-state index in [-0.39, 0.29) is 7.05 Å². The molecular formula is C13H10BIN2O. The molecule has 2 aromatic carbocycles.